The van der Waals surface area contributed by atoms with Crippen LogP contribution in [0.4, 0.5) is 5.95 Å². The molecule has 0 fully saturated rings. The van der Waals surface area contributed by atoms with E-state index in [2.05, 4.69) is 27.2 Å². The molecule has 2 rings (SSSR count). The lowest BCUT2D eigenvalue weighted by Gasteiger charge is -2.05. The van der Waals surface area contributed by atoms with Gasteiger partial charge in [0.2, 0.25) is 11.2 Å². The van der Waals surface area contributed by atoms with Crippen LogP contribution >= 0.6 is 23.4 Å². The van der Waals surface area contributed by atoms with Crippen LogP contribution in [0.3, 0.4) is 0 Å². The molecular weight excluding hydrogens is 268 g/mol. The first-order chi connectivity index (χ1) is 8.78. The van der Waals surface area contributed by atoms with E-state index in [-0.39, 0.29) is 5.28 Å². The molecule has 0 aliphatic carbocycles. The molecular formula is C12H13ClN4S. The predicted octanol–water partition coefficient (Wildman–Crippen LogP) is 3.50. The average molecular weight is 281 g/mol. The summed E-state index contributed by atoms with van der Waals surface area (Å²) in [4.78, 5) is 13.5. The van der Waals surface area contributed by atoms with E-state index >= 15 is 0 Å². The number of rotatable bonds is 5. The summed E-state index contributed by atoms with van der Waals surface area (Å²) in [5.41, 5.74) is 0. The number of benzene rings is 1. The zero-order valence-electron chi connectivity index (χ0n) is 9.93. The predicted molar refractivity (Wildman–Crippen MR) is 74.2 cm³/mol. The minimum Gasteiger partial charge on any atom is -0.354 e. The van der Waals surface area contributed by atoms with Gasteiger partial charge in [-0.25, -0.2) is 0 Å². The Morgan fingerprint density at radius 3 is 2.67 bits per heavy atom. The Morgan fingerprint density at radius 1 is 1.17 bits per heavy atom. The first-order valence-corrected chi connectivity index (χ1v) is 6.85. The SMILES string of the molecule is CCCNc1nc(Cl)nc(Sc2ccccc2)n1. The summed E-state index contributed by atoms with van der Waals surface area (Å²) in [6.45, 7) is 2.89. The van der Waals surface area contributed by atoms with Gasteiger partial charge in [-0.3, -0.25) is 0 Å². The lowest BCUT2D eigenvalue weighted by atomic mass is 10.4. The molecule has 1 aromatic carbocycles. The van der Waals surface area contributed by atoms with Crippen molar-refractivity contribution in [1.82, 2.24) is 15.0 Å². The normalized spacial score (nSPS) is 10.3. The highest BCUT2D eigenvalue weighted by Gasteiger charge is 2.06. The summed E-state index contributed by atoms with van der Waals surface area (Å²) in [5, 5.41) is 3.91. The Kier molecular flexibility index (Phi) is 4.78. The van der Waals surface area contributed by atoms with Crippen LogP contribution in [0.2, 0.25) is 5.28 Å². The second-order valence-electron chi connectivity index (χ2n) is 3.55. The van der Waals surface area contributed by atoms with Gasteiger partial charge in [-0.1, -0.05) is 25.1 Å². The second-order valence-corrected chi connectivity index (χ2v) is 4.93. The standard InChI is InChI=1S/C12H13ClN4S/c1-2-8-14-11-15-10(13)16-12(17-11)18-9-6-4-3-5-7-9/h3-7H,2,8H2,1H3,(H,14,15,16,17). The van der Waals surface area contributed by atoms with Gasteiger partial charge in [-0.15, -0.1) is 0 Å². The van der Waals surface area contributed by atoms with E-state index in [0.29, 0.717) is 11.1 Å². The van der Waals surface area contributed by atoms with Crippen LogP contribution < -0.4 is 5.32 Å². The van der Waals surface area contributed by atoms with Crippen molar-refractivity contribution in [2.75, 3.05) is 11.9 Å². The molecule has 18 heavy (non-hydrogen) atoms. The zero-order valence-corrected chi connectivity index (χ0v) is 11.5. The number of hydrogen-bond acceptors (Lipinski definition) is 5. The van der Waals surface area contributed by atoms with Crippen molar-refractivity contribution in [2.45, 2.75) is 23.4 Å². The summed E-state index contributed by atoms with van der Waals surface area (Å²) >= 11 is 7.34. The van der Waals surface area contributed by atoms with Gasteiger partial charge in [0.1, 0.15) is 0 Å². The van der Waals surface area contributed by atoms with E-state index in [4.69, 9.17) is 11.6 Å². The van der Waals surface area contributed by atoms with Crippen LogP contribution in [0.25, 0.3) is 0 Å². The van der Waals surface area contributed by atoms with Crippen LogP contribution in [-0.4, -0.2) is 21.5 Å². The van der Waals surface area contributed by atoms with E-state index in [1.807, 2.05) is 30.3 Å². The highest BCUT2D eigenvalue weighted by molar-refractivity contribution is 7.99. The number of halogens is 1. The molecule has 0 aliphatic heterocycles. The number of nitrogens with one attached hydrogen (secondary N) is 1. The first kappa shape index (κ1) is 13.1. The molecule has 0 radical (unpaired) electrons. The molecule has 4 nitrogen and oxygen atoms in total. The third-order valence-electron chi connectivity index (χ3n) is 2.07. The molecule has 2 aromatic rings. The van der Waals surface area contributed by atoms with E-state index in [9.17, 15) is 0 Å². The summed E-state index contributed by atoms with van der Waals surface area (Å²) in [7, 11) is 0. The molecule has 0 unspecified atom stereocenters. The Hall–Kier alpha value is -1.33. The lowest BCUT2D eigenvalue weighted by molar-refractivity contribution is 0.878. The molecule has 1 aromatic heterocycles. The van der Waals surface area contributed by atoms with Crippen molar-refractivity contribution >= 4 is 29.3 Å². The van der Waals surface area contributed by atoms with E-state index in [0.717, 1.165) is 17.9 Å². The second kappa shape index (κ2) is 6.56. The minimum atomic E-state index is 0.210. The fourth-order valence-electron chi connectivity index (χ4n) is 1.29. The quantitative estimate of drug-likeness (QED) is 0.908. The number of hydrogen-bond donors (Lipinski definition) is 1. The maximum Gasteiger partial charge on any atom is 0.228 e. The highest BCUT2D eigenvalue weighted by Crippen LogP contribution is 2.25. The fraction of sp³-hybridized carbons (Fsp3) is 0.250. The third kappa shape index (κ3) is 3.85. The number of nitrogens with zero attached hydrogens (tertiary/aromatic N) is 3. The molecule has 0 saturated carbocycles. The Bertz CT molecular complexity index is 507. The number of anilines is 1. The van der Waals surface area contributed by atoms with Crippen LogP contribution in [0.5, 0.6) is 0 Å². The van der Waals surface area contributed by atoms with E-state index in [1.54, 1.807) is 0 Å². The molecule has 0 saturated heterocycles. The lowest BCUT2D eigenvalue weighted by Crippen LogP contribution is -2.06. The highest BCUT2D eigenvalue weighted by atomic mass is 35.5. The van der Waals surface area contributed by atoms with Gasteiger partial charge in [0.15, 0.2) is 5.16 Å². The summed E-state index contributed by atoms with van der Waals surface area (Å²) in [6.07, 6.45) is 1.00. The molecule has 0 aliphatic rings. The van der Waals surface area contributed by atoms with E-state index < -0.39 is 0 Å². The van der Waals surface area contributed by atoms with Crippen molar-refractivity contribution in [3.8, 4) is 0 Å². The van der Waals surface area contributed by atoms with Crippen LogP contribution in [0.15, 0.2) is 40.4 Å². The minimum absolute atomic E-state index is 0.210. The average Bonchev–Trinajstić information content (AvgIpc) is 2.37. The molecule has 0 amide bonds. The zero-order chi connectivity index (χ0) is 12.8. The molecule has 0 bridgehead atoms. The fourth-order valence-corrected chi connectivity index (χ4v) is 2.27. The Balaban J connectivity index is 2.15. The molecule has 94 valence electrons. The molecule has 0 atom stereocenters. The van der Waals surface area contributed by atoms with Gasteiger partial charge in [0.05, 0.1) is 0 Å². The molecule has 6 heteroatoms. The first-order valence-electron chi connectivity index (χ1n) is 5.66. The Morgan fingerprint density at radius 2 is 1.94 bits per heavy atom. The smallest absolute Gasteiger partial charge is 0.228 e. The van der Waals surface area contributed by atoms with Crippen molar-refractivity contribution < 1.29 is 0 Å². The van der Waals surface area contributed by atoms with Crippen LogP contribution in [0.1, 0.15) is 13.3 Å². The van der Waals surface area contributed by atoms with Crippen molar-refractivity contribution in [3.63, 3.8) is 0 Å². The van der Waals surface area contributed by atoms with Gasteiger partial charge in [0, 0.05) is 11.4 Å². The van der Waals surface area contributed by atoms with Gasteiger partial charge in [-0.05, 0) is 41.9 Å². The summed E-state index contributed by atoms with van der Waals surface area (Å²) < 4.78 is 0. The maximum atomic E-state index is 5.88. The van der Waals surface area contributed by atoms with Gasteiger partial charge in [0.25, 0.3) is 0 Å². The third-order valence-corrected chi connectivity index (χ3v) is 3.12. The maximum absolute atomic E-state index is 5.88. The Labute approximate surface area is 115 Å². The monoisotopic (exact) mass is 280 g/mol. The van der Waals surface area contributed by atoms with Gasteiger partial charge >= 0.3 is 0 Å². The van der Waals surface area contributed by atoms with Crippen molar-refractivity contribution in [1.29, 1.82) is 0 Å². The largest absolute Gasteiger partial charge is 0.354 e. The molecule has 1 heterocycles. The van der Waals surface area contributed by atoms with Gasteiger partial charge in [-0.2, -0.15) is 15.0 Å². The number of aromatic nitrogens is 3. The van der Waals surface area contributed by atoms with Crippen molar-refractivity contribution in [2.24, 2.45) is 0 Å². The molecule has 1 N–H and O–H groups in total. The summed E-state index contributed by atoms with van der Waals surface area (Å²) in [6, 6.07) is 9.92. The van der Waals surface area contributed by atoms with Crippen molar-refractivity contribution in [3.05, 3.63) is 35.6 Å². The van der Waals surface area contributed by atoms with Crippen LogP contribution in [-0.2, 0) is 0 Å². The van der Waals surface area contributed by atoms with Crippen LogP contribution in [0, 0.1) is 0 Å². The van der Waals surface area contributed by atoms with Gasteiger partial charge < -0.3 is 5.32 Å². The van der Waals surface area contributed by atoms with E-state index in [1.165, 1.54) is 11.8 Å². The topological polar surface area (TPSA) is 50.7 Å². The summed E-state index contributed by atoms with van der Waals surface area (Å²) in [5.74, 6) is 0.523. The molecule has 0 spiro atoms.